The van der Waals surface area contributed by atoms with Crippen molar-refractivity contribution in [3.8, 4) is 0 Å². The second-order valence-electron chi connectivity index (χ2n) is 3.96. The zero-order valence-corrected chi connectivity index (χ0v) is 6.89. The monoisotopic (exact) mass is 147 g/mol. The van der Waals surface area contributed by atoms with Gasteiger partial charge in [-0.3, -0.25) is 0 Å². The van der Waals surface area contributed by atoms with Crippen molar-refractivity contribution < 1.29 is 0 Å². The summed E-state index contributed by atoms with van der Waals surface area (Å²) < 4.78 is 0. The highest BCUT2D eigenvalue weighted by Gasteiger charge is 2.29. The Kier molecular flexibility index (Phi) is 1.25. The second kappa shape index (κ2) is 2.03. The molecule has 0 spiro atoms. The zero-order valence-electron chi connectivity index (χ0n) is 6.89. The lowest BCUT2D eigenvalue weighted by Crippen LogP contribution is -2.09. The molecule has 1 aromatic heterocycles. The van der Waals surface area contributed by atoms with Gasteiger partial charge in [0.25, 0.3) is 0 Å². The average molecular weight is 147 g/mol. The highest BCUT2D eigenvalue weighted by molar-refractivity contribution is 5.24. The van der Waals surface area contributed by atoms with Gasteiger partial charge in [0.1, 0.15) is 0 Å². The molecular formula is C9H11N2. The van der Waals surface area contributed by atoms with E-state index in [1.807, 2.05) is 6.20 Å². The molecule has 2 nitrogen and oxygen atoms in total. The normalized spacial score (nSPS) is 19.8. The minimum Gasteiger partial charge on any atom is -0.233 e. The fourth-order valence-corrected chi connectivity index (χ4v) is 1.67. The first-order valence-corrected chi connectivity index (χ1v) is 3.88. The van der Waals surface area contributed by atoms with Gasteiger partial charge in [0.05, 0.1) is 0 Å². The van der Waals surface area contributed by atoms with Gasteiger partial charge in [-0.25, -0.2) is 9.97 Å². The summed E-state index contributed by atoms with van der Waals surface area (Å²) in [4.78, 5) is 8.00. The largest absolute Gasteiger partial charge is 0.233 e. The first kappa shape index (κ1) is 6.77. The van der Waals surface area contributed by atoms with Gasteiger partial charge in [0, 0.05) is 11.9 Å². The molecule has 0 bridgehead atoms. The third-order valence-electron chi connectivity index (χ3n) is 2.15. The summed E-state index contributed by atoms with van der Waals surface area (Å²) in [6.07, 6.45) is 6.70. The number of hydrogen-bond donors (Lipinski definition) is 0. The molecule has 0 N–H and O–H groups in total. The number of nitrogens with zero attached hydrogens (tertiary/aromatic N) is 2. The Morgan fingerprint density at radius 1 is 1.45 bits per heavy atom. The van der Waals surface area contributed by atoms with E-state index in [-0.39, 0.29) is 0 Å². The lowest BCUT2D eigenvalue weighted by atomic mass is 9.91. The second-order valence-corrected chi connectivity index (χ2v) is 3.96. The standard InChI is InChI=1S/C9H11N2/c1-9(2)3-7-5-10-6-11-8(7)4-9/h5H,3-4H2,1-2H3. The fraction of sp³-hybridized carbons (Fsp3) is 0.556. The van der Waals surface area contributed by atoms with E-state index in [2.05, 4.69) is 30.1 Å². The molecular weight excluding hydrogens is 136 g/mol. The van der Waals surface area contributed by atoms with Gasteiger partial charge in [-0.1, -0.05) is 13.8 Å². The van der Waals surface area contributed by atoms with Crippen LogP contribution in [0.15, 0.2) is 6.20 Å². The van der Waals surface area contributed by atoms with Crippen molar-refractivity contribution in [3.05, 3.63) is 23.8 Å². The van der Waals surface area contributed by atoms with Gasteiger partial charge in [-0.05, 0) is 23.8 Å². The maximum Gasteiger partial charge on any atom is 0.197 e. The third kappa shape index (κ3) is 1.13. The lowest BCUT2D eigenvalue weighted by molar-refractivity contribution is 0.390. The summed E-state index contributed by atoms with van der Waals surface area (Å²) in [5, 5.41) is 0. The SMILES string of the molecule is CC1(C)Cc2cn[c]nc2C1. The molecule has 0 aliphatic heterocycles. The third-order valence-corrected chi connectivity index (χ3v) is 2.15. The van der Waals surface area contributed by atoms with Crippen LogP contribution in [0.25, 0.3) is 0 Å². The topological polar surface area (TPSA) is 25.8 Å². The summed E-state index contributed by atoms with van der Waals surface area (Å²) in [5.41, 5.74) is 2.87. The predicted molar refractivity (Wildman–Crippen MR) is 42.1 cm³/mol. The Balaban J connectivity index is 2.41. The highest BCUT2D eigenvalue weighted by atomic mass is 14.8. The first-order valence-electron chi connectivity index (χ1n) is 3.88. The van der Waals surface area contributed by atoms with Crippen LogP contribution in [0.4, 0.5) is 0 Å². The number of fused-ring (bicyclic) bond motifs is 1. The summed E-state index contributed by atoms with van der Waals surface area (Å²) >= 11 is 0. The molecule has 11 heavy (non-hydrogen) atoms. The van der Waals surface area contributed by atoms with Gasteiger partial charge in [0.15, 0.2) is 6.33 Å². The molecule has 1 heterocycles. The number of aromatic nitrogens is 2. The molecule has 0 atom stereocenters. The minimum atomic E-state index is 0.381. The summed E-state index contributed by atoms with van der Waals surface area (Å²) in [6.45, 7) is 4.52. The molecule has 2 heteroatoms. The van der Waals surface area contributed by atoms with Crippen LogP contribution in [0.3, 0.4) is 0 Å². The molecule has 0 fully saturated rings. The summed E-state index contributed by atoms with van der Waals surface area (Å²) in [6, 6.07) is 0. The van der Waals surface area contributed by atoms with E-state index < -0.39 is 0 Å². The Bertz CT molecular complexity index is 252. The van der Waals surface area contributed by atoms with Crippen molar-refractivity contribution >= 4 is 0 Å². The van der Waals surface area contributed by atoms with Crippen LogP contribution in [-0.2, 0) is 12.8 Å². The molecule has 0 saturated carbocycles. The van der Waals surface area contributed by atoms with E-state index >= 15 is 0 Å². The van der Waals surface area contributed by atoms with Crippen LogP contribution in [-0.4, -0.2) is 9.97 Å². The Hall–Kier alpha value is -0.920. The number of rotatable bonds is 0. The molecule has 2 rings (SSSR count). The molecule has 0 saturated heterocycles. The van der Waals surface area contributed by atoms with Crippen molar-refractivity contribution in [1.82, 2.24) is 9.97 Å². The van der Waals surface area contributed by atoms with Gasteiger partial charge in [-0.15, -0.1) is 0 Å². The lowest BCUT2D eigenvalue weighted by Gasteiger charge is -2.14. The summed E-state index contributed by atoms with van der Waals surface area (Å²) in [7, 11) is 0. The van der Waals surface area contributed by atoms with Crippen LogP contribution in [0.1, 0.15) is 25.1 Å². The Morgan fingerprint density at radius 3 is 3.00 bits per heavy atom. The van der Waals surface area contributed by atoms with E-state index in [0.29, 0.717) is 5.41 Å². The van der Waals surface area contributed by atoms with Crippen molar-refractivity contribution in [2.75, 3.05) is 0 Å². The molecule has 1 aromatic rings. The van der Waals surface area contributed by atoms with Crippen LogP contribution in [0, 0.1) is 11.7 Å². The van der Waals surface area contributed by atoms with Crippen molar-refractivity contribution in [2.45, 2.75) is 26.7 Å². The Labute approximate surface area is 66.7 Å². The molecule has 1 aliphatic rings. The molecule has 57 valence electrons. The Morgan fingerprint density at radius 2 is 2.27 bits per heavy atom. The maximum absolute atomic E-state index is 4.12. The van der Waals surface area contributed by atoms with E-state index in [1.165, 1.54) is 11.3 Å². The maximum atomic E-state index is 4.12. The van der Waals surface area contributed by atoms with Crippen molar-refractivity contribution in [2.24, 2.45) is 5.41 Å². The van der Waals surface area contributed by atoms with Gasteiger partial charge in [-0.2, -0.15) is 0 Å². The molecule has 0 aromatic carbocycles. The van der Waals surface area contributed by atoms with E-state index in [4.69, 9.17) is 0 Å². The molecule has 0 unspecified atom stereocenters. The molecule has 1 aliphatic carbocycles. The van der Waals surface area contributed by atoms with Gasteiger partial charge >= 0.3 is 0 Å². The van der Waals surface area contributed by atoms with Crippen LogP contribution >= 0.6 is 0 Å². The predicted octanol–water partition coefficient (Wildman–Crippen LogP) is 1.40. The zero-order chi connectivity index (χ0) is 7.90. The van der Waals surface area contributed by atoms with E-state index in [1.54, 1.807) is 0 Å². The van der Waals surface area contributed by atoms with E-state index in [0.717, 1.165) is 12.8 Å². The first-order chi connectivity index (χ1) is 5.17. The minimum absolute atomic E-state index is 0.381. The van der Waals surface area contributed by atoms with Crippen molar-refractivity contribution in [1.29, 1.82) is 0 Å². The van der Waals surface area contributed by atoms with Crippen LogP contribution in [0.2, 0.25) is 0 Å². The smallest absolute Gasteiger partial charge is 0.197 e. The number of hydrogen-bond acceptors (Lipinski definition) is 2. The average Bonchev–Trinajstić information content (AvgIpc) is 2.21. The highest BCUT2D eigenvalue weighted by Crippen LogP contribution is 2.33. The van der Waals surface area contributed by atoms with Crippen molar-refractivity contribution in [3.63, 3.8) is 0 Å². The summed E-state index contributed by atoms with van der Waals surface area (Å²) in [5.74, 6) is 0. The fourth-order valence-electron chi connectivity index (χ4n) is 1.67. The van der Waals surface area contributed by atoms with Crippen LogP contribution < -0.4 is 0 Å². The van der Waals surface area contributed by atoms with Crippen LogP contribution in [0.5, 0.6) is 0 Å². The van der Waals surface area contributed by atoms with Gasteiger partial charge in [0.2, 0.25) is 0 Å². The van der Waals surface area contributed by atoms with Gasteiger partial charge < -0.3 is 0 Å². The molecule has 0 amide bonds. The quantitative estimate of drug-likeness (QED) is 0.554. The van der Waals surface area contributed by atoms with E-state index in [9.17, 15) is 0 Å². The molecule has 1 radical (unpaired) electrons.